The zero-order valence-corrected chi connectivity index (χ0v) is 10.7. The fraction of sp³-hybridized carbons (Fsp3) is 0.571. The number of nitrogens with zero attached hydrogens (tertiary/aromatic N) is 3. The van der Waals surface area contributed by atoms with Crippen molar-refractivity contribution in [3.63, 3.8) is 0 Å². The Morgan fingerprint density at radius 3 is 2.82 bits per heavy atom. The smallest absolute Gasteiger partial charge is 0.133 e. The number of fused-ring (bicyclic) bond motifs is 2. The molecule has 1 aliphatic carbocycles. The Bertz CT molecular complexity index is 452. The van der Waals surface area contributed by atoms with Crippen molar-refractivity contribution in [3.8, 4) is 0 Å². The lowest BCUT2D eigenvalue weighted by atomic mass is 9.73. The van der Waals surface area contributed by atoms with Crippen LogP contribution in [0.15, 0.2) is 29.4 Å². The molecule has 3 rings (SSSR count). The monoisotopic (exact) mass is 229 g/mol. The fourth-order valence-electron chi connectivity index (χ4n) is 3.17. The van der Waals surface area contributed by atoms with Gasteiger partial charge < -0.3 is 4.90 Å². The second kappa shape index (κ2) is 3.31. The van der Waals surface area contributed by atoms with Crippen molar-refractivity contribution < 1.29 is 0 Å². The molecular weight excluding hydrogens is 210 g/mol. The predicted molar refractivity (Wildman–Crippen MR) is 70.4 cm³/mol. The molecule has 2 bridgehead atoms. The Kier molecular flexibility index (Phi) is 2.09. The summed E-state index contributed by atoms with van der Waals surface area (Å²) in [4.78, 5) is 11.5. The van der Waals surface area contributed by atoms with Gasteiger partial charge in [0.15, 0.2) is 0 Å². The SMILES string of the molecule is CC12CCC(N(c3ccccn3)C=N1)C2(C)C. The summed E-state index contributed by atoms with van der Waals surface area (Å²) >= 11 is 0. The van der Waals surface area contributed by atoms with Crippen LogP contribution in [-0.4, -0.2) is 22.9 Å². The third-order valence-corrected chi connectivity index (χ3v) is 4.84. The molecule has 3 heteroatoms. The summed E-state index contributed by atoms with van der Waals surface area (Å²) < 4.78 is 0. The van der Waals surface area contributed by atoms with Gasteiger partial charge in [-0.3, -0.25) is 4.99 Å². The highest BCUT2D eigenvalue weighted by Crippen LogP contribution is 2.52. The normalized spacial score (nSPS) is 34.1. The molecule has 1 aliphatic heterocycles. The van der Waals surface area contributed by atoms with Crippen LogP contribution < -0.4 is 4.90 Å². The highest BCUT2D eigenvalue weighted by molar-refractivity contribution is 5.80. The molecule has 0 radical (unpaired) electrons. The molecule has 1 fully saturated rings. The molecule has 0 spiro atoms. The quantitative estimate of drug-likeness (QED) is 0.740. The number of aromatic nitrogens is 1. The third kappa shape index (κ3) is 1.34. The van der Waals surface area contributed by atoms with Crippen molar-refractivity contribution in [1.82, 2.24) is 4.98 Å². The van der Waals surface area contributed by atoms with Crippen LogP contribution in [0.5, 0.6) is 0 Å². The van der Waals surface area contributed by atoms with Gasteiger partial charge in [0.05, 0.1) is 11.9 Å². The predicted octanol–water partition coefficient (Wildman–Crippen LogP) is 2.88. The molecule has 90 valence electrons. The van der Waals surface area contributed by atoms with Crippen molar-refractivity contribution in [2.75, 3.05) is 4.90 Å². The number of hydrogen-bond donors (Lipinski definition) is 0. The summed E-state index contributed by atoms with van der Waals surface area (Å²) in [5, 5.41) is 0. The first-order valence-corrected chi connectivity index (χ1v) is 6.29. The van der Waals surface area contributed by atoms with Gasteiger partial charge in [0, 0.05) is 17.7 Å². The van der Waals surface area contributed by atoms with E-state index >= 15 is 0 Å². The first kappa shape index (κ1) is 10.8. The van der Waals surface area contributed by atoms with E-state index in [9.17, 15) is 0 Å². The Morgan fingerprint density at radius 2 is 2.12 bits per heavy atom. The topological polar surface area (TPSA) is 28.5 Å². The molecule has 0 saturated heterocycles. The van der Waals surface area contributed by atoms with E-state index in [0.717, 1.165) is 5.82 Å². The van der Waals surface area contributed by atoms with E-state index in [1.54, 1.807) is 0 Å². The van der Waals surface area contributed by atoms with E-state index in [2.05, 4.69) is 36.7 Å². The summed E-state index contributed by atoms with van der Waals surface area (Å²) in [6.45, 7) is 6.94. The number of hydrogen-bond acceptors (Lipinski definition) is 3. The molecule has 1 saturated carbocycles. The molecule has 17 heavy (non-hydrogen) atoms. The van der Waals surface area contributed by atoms with E-state index < -0.39 is 0 Å². The maximum Gasteiger partial charge on any atom is 0.133 e. The van der Waals surface area contributed by atoms with Gasteiger partial charge in [0.1, 0.15) is 5.82 Å². The molecule has 2 aliphatic rings. The van der Waals surface area contributed by atoms with Crippen LogP contribution in [0.2, 0.25) is 0 Å². The van der Waals surface area contributed by atoms with Crippen LogP contribution in [0.25, 0.3) is 0 Å². The van der Waals surface area contributed by atoms with E-state index in [1.165, 1.54) is 12.8 Å². The van der Waals surface area contributed by atoms with E-state index in [-0.39, 0.29) is 11.0 Å². The molecule has 2 heterocycles. The zero-order valence-electron chi connectivity index (χ0n) is 10.7. The van der Waals surface area contributed by atoms with E-state index in [4.69, 9.17) is 4.99 Å². The molecule has 0 N–H and O–H groups in total. The molecule has 3 nitrogen and oxygen atoms in total. The Balaban J connectivity index is 2.04. The summed E-state index contributed by atoms with van der Waals surface area (Å²) in [5.74, 6) is 1.01. The lowest BCUT2D eigenvalue weighted by Crippen LogP contribution is -2.53. The zero-order chi connectivity index (χ0) is 12.1. The van der Waals surface area contributed by atoms with Gasteiger partial charge in [0.25, 0.3) is 0 Å². The van der Waals surface area contributed by atoms with Gasteiger partial charge in [0.2, 0.25) is 0 Å². The van der Waals surface area contributed by atoms with Crippen molar-refractivity contribution in [3.05, 3.63) is 24.4 Å². The Morgan fingerprint density at radius 1 is 1.29 bits per heavy atom. The fourth-order valence-corrected chi connectivity index (χ4v) is 3.17. The number of anilines is 1. The number of pyridine rings is 1. The number of aliphatic imine (C=N–C) groups is 1. The first-order chi connectivity index (χ1) is 8.05. The summed E-state index contributed by atoms with van der Waals surface area (Å²) in [6, 6.07) is 6.56. The van der Waals surface area contributed by atoms with Crippen LogP contribution >= 0.6 is 0 Å². The second-order valence-corrected chi connectivity index (χ2v) is 5.89. The lowest BCUT2D eigenvalue weighted by Gasteiger charge is -2.46. The molecule has 2 unspecified atom stereocenters. The van der Waals surface area contributed by atoms with Crippen LogP contribution in [-0.2, 0) is 0 Å². The average Bonchev–Trinajstić information content (AvgIpc) is 2.49. The van der Waals surface area contributed by atoms with Crippen LogP contribution in [0.4, 0.5) is 5.82 Å². The first-order valence-electron chi connectivity index (χ1n) is 6.29. The van der Waals surface area contributed by atoms with Gasteiger partial charge in [-0.15, -0.1) is 0 Å². The summed E-state index contributed by atoms with van der Waals surface area (Å²) in [7, 11) is 0. The van der Waals surface area contributed by atoms with Crippen LogP contribution in [0.3, 0.4) is 0 Å². The van der Waals surface area contributed by atoms with Gasteiger partial charge in [-0.2, -0.15) is 0 Å². The third-order valence-electron chi connectivity index (χ3n) is 4.84. The summed E-state index contributed by atoms with van der Waals surface area (Å²) in [5.41, 5.74) is 0.308. The maximum atomic E-state index is 4.79. The largest absolute Gasteiger partial charge is 0.314 e. The van der Waals surface area contributed by atoms with Gasteiger partial charge >= 0.3 is 0 Å². The maximum absolute atomic E-state index is 4.79. The second-order valence-electron chi connectivity index (χ2n) is 5.89. The van der Waals surface area contributed by atoms with Gasteiger partial charge in [-0.05, 0) is 31.9 Å². The minimum Gasteiger partial charge on any atom is -0.314 e. The van der Waals surface area contributed by atoms with Crippen molar-refractivity contribution in [2.24, 2.45) is 10.4 Å². The molecular formula is C14H19N3. The molecule has 0 aromatic carbocycles. The standard InChI is InChI=1S/C14H19N3/c1-13(2)11-7-8-14(13,3)16-10-17(11)12-6-4-5-9-15-12/h4-6,9-11H,7-8H2,1-3H3. The van der Waals surface area contributed by atoms with Gasteiger partial charge in [-0.1, -0.05) is 19.9 Å². The molecule has 1 aromatic heterocycles. The highest BCUT2D eigenvalue weighted by atomic mass is 15.3. The number of rotatable bonds is 1. The van der Waals surface area contributed by atoms with Crippen LogP contribution in [0.1, 0.15) is 33.6 Å². The Labute approximate surface area is 103 Å². The average molecular weight is 229 g/mol. The Hall–Kier alpha value is -1.38. The van der Waals surface area contributed by atoms with Crippen molar-refractivity contribution >= 4 is 12.2 Å². The minimum atomic E-state index is 0.100. The van der Waals surface area contributed by atoms with E-state index in [0.29, 0.717) is 6.04 Å². The minimum absolute atomic E-state index is 0.100. The van der Waals surface area contributed by atoms with Crippen LogP contribution in [0, 0.1) is 5.41 Å². The lowest BCUT2D eigenvalue weighted by molar-refractivity contribution is 0.200. The van der Waals surface area contributed by atoms with Crippen molar-refractivity contribution in [2.45, 2.75) is 45.2 Å². The van der Waals surface area contributed by atoms with Gasteiger partial charge in [-0.25, -0.2) is 4.98 Å². The molecule has 0 amide bonds. The molecule has 1 aromatic rings. The summed E-state index contributed by atoms with van der Waals surface area (Å²) in [6.07, 6.45) is 6.20. The van der Waals surface area contributed by atoms with E-state index in [1.807, 2.05) is 24.7 Å². The highest BCUT2D eigenvalue weighted by Gasteiger charge is 2.55. The van der Waals surface area contributed by atoms with Crippen molar-refractivity contribution in [1.29, 1.82) is 0 Å². The molecule has 2 atom stereocenters.